The van der Waals surface area contributed by atoms with Gasteiger partial charge in [-0.1, -0.05) is 18.2 Å². The van der Waals surface area contributed by atoms with Gasteiger partial charge in [-0.15, -0.1) is 16.4 Å². The summed E-state index contributed by atoms with van der Waals surface area (Å²) in [4.78, 5) is 30.0. The topological polar surface area (TPSA) is 94.7 Å². The summed E-state index contributed by atoms with van der Waals surface area (Å²) in [7, 11) is 0. The Morgan fingerprint density at radius 2 is 1.87 bits per heavy atom. The van der Waals surface area contributed by atoms with Crippen LogP contribution in [0.2, 0.25) is 0 Å². The minimum absolute atomic E-state index is 0.348. The van der Waals surface area contributed by atoms with Gasteiger partial charge in [0.1, 0.15) is 6.04 Å². The number of nitrogens with one attached hydrogen (secondary N) is 1. The van der Waals surface area contributed by atoms with Crippen LogP contribution >= 0.6 is 11.3 Å². The van der Waals surface area contributed by atoms with E-state index in [2.05, 4.69) is 20.5 Å². The third-order valence-electron chi connectivity index (χ3n) is 4.86. The number of carbonyl (C=O) groups excluding carboxylic acids is 1. The first-order valence-electron chi connectivity index (χ1n) is 9.79. The molecule has 1 amide bonds. The van der Waals surface area contributed by atoms with E-state index in [4.69, 9.17) is 0 Å². The average molecular weight is 435 g/mol. The van der Waals surface area contributed by atoms with Crippen LogP contribution in [-0.4, -0.2) is 30.5 Å². The van der Waals surface area contributed by atoms with E-state index in [9.17, 15) is 9.59 Å². The van der Waals surface area contributed by atoms with Gasteiger partial charge < -0.3 is 5.32 Å². The summed E-state index contributed by atoms with van der Waals surface area (Å²) in [6, 6.07) is 11.6. The molecule has 0 aliphatic rings. The number of benzene rings is 1. The lowest BCUT2D eigenvalue weighted by molar-refractivity contribution is -0.119. The van der Waals surface area contributed by atoms with E-state index in [0.717, 1.165) is 27.7 Å². The molecule has 0 spiro atoms. The van der Waals surface area contributed by atoms with E-state index in [1.807, 2.05) is 56.5 Å². The van der Waals surface area contributed by atoms with Crippen molar-refractivity contribution in [1.29, 1.82) is 0 Å². The summed E-state index contributed by atoms with van der Waals surface area (Å²) in [5, 5.41) is 14.6. The number of para-hydroxylation sites is 1. The molecule has 4 aromatic rings. The monoisotopic (exact) mass is 434 g/mol. The van der Waals surface area contributed by atoms with Crippen molar-refractivity contribution in [3.05, 3.63) is 74.6 Å². The highest BCUT2D eigenvalue weighted by Crippen LogP contribution is 2.29. The Kier molecular flexibility index (Phi) is 5.51. The predicted molar refractivity (Wildman–Crippen MR) is 121 cm³/mol. The lowest BCUT2D eigenvalue weighted by Gasteiger charge is -2.16. The quantitative estimate of drug-likeness (QED) is 0.517. The molecule has 3 aromatic heterocycles. The number of amides is 1. The molecule has 1 atom stereocenters. The smallest absolute Gasteiger partial charge is 0.267 e. The SMILES string of the molecule is Cc1cc(C)n(-c2ccc(=O)n([C@H](C)C(=O)Nc3ccccc3-c3csc(C)n3)n2)n1. The van der Waals surface area contributed by atoms with Gasteiger partial charge in [-0.2, -0.15) is 5.10 Å². The molecule has 0 aliphatic carbocycles. The minimum Gasteiger partial charge on any atom is -0.324 e. The molecule has 3 heterocycles. The second kappa shape index (κ2) is 8.27. The fraction of sp³-hybridized carbons (Fsp3) is 0.227. The van der Waals surface area contributed by atoms with E-state index in [-0.39, 0.29) is 11.5 Å². The highest BCUT2D eigenvalue weighted by atomic mass is 32.1. The van der Waals surface area contributed by atoms with Crippen LogP contribution in [0.5, 0.6) is 0 Å². The molecule has 0 fully saturated rings. The zero-order valence-corrected chi connectivity index (χ0v) is 18.5. The van der Waals surface area contributed by atoms with E-state index >= 15 is 0 Å². The Bertz CT molecular complexity index is 1320. The fourth-order valence-corrected chi connectivity index (χ4v) is 3.93. The van der Waals surface area contributed by atoms with Crippen molar-refractivity contribution in [3.63, 3.8) is 0 Å². The Hall–Kier alpha value is -3.59. The van der Waals surface area contributed by atoms with Crippen LogP contribution in [0, 0.1) is 20.8 Å². The molecule has 0 bridgehead atoms. The van der Waals surface area contributed by atoms with Gasteiger partial charge in [0.2, 0.25) is 5.91 Å². The largest absolute Gasteiger partial charge is 0.324 e. The van der Waals surface area contributed by atoms with Gasteiger partial charge in [0.25, 0.3) is 5.56 Å². The molecule has 8 nitrogen and oxygen atoms in total. The molecule has 0 saturated carbocycles. The second-order valence-corrected chi connectivity index (χ2v) is 8.34. The molecule has 1 aromatic carbocycles. The maximum Gasteiger partial charge on any atom is 0.267 e. The number of aryl methyl sites for hydroxylation is 3. The van der Waals surface area contributed by atoms with Crippen molar-refractivity contribution in [3.8, 4) is 17.1 Å². The van der Waals surface area contributed by atoms with Crippen molar-refractivity contribution in [2.45, 2.75) is 33.7 Å². The molecule has 31 heavy (non-hydrogen) atoms. The number of hydrogen-bond acceptors (Lipinski definition) is 6. The zero-order valence-electron chi connectivity index (χ0n) is 17.7. The Morgan fingerprint density at radius 3 is 2.55 bits per heavy atom. The van der Waals surface area contributed by atoms with Crippen LogP contribution in [0.25, 0.3) is 17.1 Å². The zero-order chi connectivity index (χ0) is 22.1. The molecule has 0 aliphatic heterocycles. The second-order valence-electron chi connectivity index (χ2n) is 7.28. The maximum absolute atomic E-state index is 13.0. The van der Waals surface area contributed by atoms with Gasteiger partial charge in [-0.25, -0.2) is 14.3 Å². The Labute approximate surface area is 183 Å². The summed E-state index contributed by atoms with van der Waals surface area (Å²) in [5.41, 5.74) is 3.62. The fourth-order valence-electron chi connectivity index (χ4n) is 3.32. The Balaban J connectivity index is 1.63. The maximum atomic E-state index is 13.0. The van der Waals surface area contributed by atoms with Crippen molar-refractivity contribution in [2.24, 2.45) is 0 Å². The van der Waals surface area contributed by atoms with Crippen molar-refractivity contribution in [2.75, 3.05) is 5.32 Å². The number of anilines is 1. The molecule has 0 radical (unpaired) electrons. The summed E-state index contributed by atoms with van der Waals surface area (Å²) in [6.45, 7) is 7.37. The molecular weight excluding hydrogens is 412 g/mol. The standard InChI is InChI=1S/C22H22N6O2S/c1-13-11-14(2)27(25-13)20-9-10-21(29)28(26-20)15(3)22(30)24-18-8-6-5-7-17(18)19-12-31-16(4)23-19/h5-12,15H,1-4H3,(H,24,30)/t15-/m1/s1. The van der Waals surface area contributed by atoms with Gasteiger partial charge >= 0.3 is 0 Å². The molecule has 0 saturated heterocycles. The van der Waals surface area contributed by atoms with Crippen LogP contribution in [0.3, 0.4) is 0 Å². The van der Waals surface area contributed by atoms with Gasteiger partial charge in [0, 0.05) is 22.7 Å². The average Bonchev–Trinajstić information content (AvgIpc) is 3.32. The highest BCUT2D eigenvalue weighted by Gasteiger charge is 2.20. The molecule has 0 unspecified atom stereocenters. The normalized spacial score (nSPS) is 12.0. The van der Waals surface area contributed by atoms with Gasteiger partial charge in [0.05, 0.1) is 22.1 Å². The first-order valence-corrected chi connectivity index (χ1v) is 10.7. The molecule has 9 heteroatoms. The number of nitrogens with zero attached hydrogens (tertiary/aromatic N) is 5. The molecule has 4 rings (SSSR count). The number of thiazole rings is 1. The van der Waals surface area contributed by atoms with E-state index in [0.29, 0.717) is 11.5 Å². The number of rotatable bonds is 5. The first kappa shape index (κ1) is 20.7. The summed E-state index contributed by atoms with van der Waals surface area (Å²) < 4.78 is 2.83. The predicted octanol–water partition coefficient (Wildman–Crippen LogP) is 3.68. The van der Waals surface area contributed by atoms with E-state index < -0.39 is 6.04 Å². The van der Waals surface area contributed by atoms with Gasteiger partial charge in [0.15, 0.2) is 5.82 Å². The number of carbonyl (C=O) groups is 1. The van der Waals surface area contributed by atoms with Crippen LogP contribution in [0.15, 0.2) is 52.6 Å². The van der Waals surface area contributed by atoms with Crippen molar-refractivity contribution < 1.29 is 4.79 Å². The lowest BCUT2D eigenvalue weighted by Crippen LogP contribution is -2.33. The van der Waals surface area contributed by atoms with Crippen molar-refractivity contribution >= 4 is 22.9 Å². The molecular formula is C22H22N6O2S. The van der Waals surface area contributed by atoms with Crippen LogP contribution in [0.1, 0.15) is 29.4 Å². The van der Waals surface area contributed by atoms with E-state index in [1.165, 1.54) is 10.7 Å². The Morgan fingerprint density at radius 1 is 1.10 bits per heavy atom. The summed E-state index contributed by atoms with van der Waals surface area (Å²) in [6.07, 6.45) is 0. The summed E-state index contributed by atoms with van der Waals surface area (Å²) in [5.74, 6) is 0.128. The van der Waals surface area contributed by atoms with Crippen molar-refractivity contribution in [1.82, 2.24) is 24.5 Å². The van der Waals surface area contributed by atoms with Crippen LogP contribution in [-0.2, 0) is 4.79 Å². The number of hydrogen-bond donors (Lipinski definition) is 1. The first-order chi connectivity index (χ1) is 14.8. The van der Waals surface area contributed by atoms with Gasteiger partial charge in [-0.3, -0.25) is 9.59 Å². The third kappa shape index (κ3) is 4.17. The molecule has 158 valence electrons. The summed E-state index contributed by atoms with van der Waals surface area (Å²) >= 11 is 1.55. The van der Waals surface area contributed by atoms with Crippen LogP contribution < -0.4 is 10.9 Å². The molecule has 1 N–H and O–H groups in total. The lowest BCUT2D eigenvalue weighted by atomic mass is 10.1. The third-order valence-corrected chi connectivity index (χ3v) is 5.64. The minimum atomic E-state index is -0.824. The van der Waals surface area contributed by atoms with Gasteiger partial charge in [-0.05, 0) is 45.9 Å². The highest BCUT2D eigenvalue weighted by molar-refractivity contribution is 7.09. The number of aromatic nitrogens is 5. The van der Waals surface area contributed by atoms with Crippen LogP contribution in [0.4, 0.5) is 5.69 Å². The van der Waals surface area contributed by atoms with E-state index in [1.54, 1.807) is 29.0 Å².